The molecule has 0 amide bonds. The summed E-state index contributed by atoms with van der Waals surface area (Å²) in [5, 5.41) is 0. The molecule has 0 bridgehead atoms. The molecule has 9 heavy (non-hydrogen) atoms. The van der Waals surface area contributed by atoms with E-state index in [-0.39, 0.29) is 0 Å². The van der Waals surface area contributed by atoms with Crippen molar-refractivity contribution in [1.29, 1.82) is 0 Å². The number of morpholine rings is 1. The average molecular weight is 131 g/mol. The normalized spacial score (nSPS) is 30.7. The molecule has 1 heterocycles. The van der Waals surface area contributed by atoms with Crippen LogP contribution >= 0.6 is 0 Å². The van der Waals surface area contributed by atoms with Crippen molar-refractivity contribution in [2.24, 2.45) is 0 Å². The molecule has 0 saturated carbocycles. The van der Waals surface area contributed by atoms with Gasteiger partial charge in [0.25, 0.3) is 0 Å². The van der Waals surface area contributed by atoms with Crippen molar-refractivity contribution >= 4 is 0 Å². The molecule has 0 aliphatic carbocycles. The Kier molecular flexibility index (Phi) is 2.45. The number of hydrogen-bond acceptors (Lipinski definition) is 2. The molecule has 1 aliphatic heterocycles. The summed E-state index contributed by atoms with van der Waals surface area (Å²) in [7, 11) is 2.12. The van der Waals surface area contributed by atoms with Crippen LogP contribution in [0, 0.1) is 0 Å². The van der Waals surface area contributed by atoms with E-state index >= 15 is 0 Å². The van der Waals surface area contributed by atoms with Gasteiger partial charge in [0, 0.05) is 13.1 Å². The van der Waals surface area contributed by atoms with Gasteiger partial charge in [0.05, 0.1) is 6.61 Å². The van der Waals surface area contributed by atoms with Crippen molar-refractivity contribution in [2.45, 2.75) is 6.10 Å². The van der Waals surface area contributed by atoms with Crippen molar-refractivity contribution in [3.05, 3.63) is 0 Å². The smallest absolute Gasteiger partial charge is 0.119 e. The fourth-order valence-electron chi connectivity index (χ4n) is 1.04. The number of nitrogens with zero attached hydrogens (tertiary/aromatic N) is 1. The Balaban J connectivity index is 2.23. The van der Waals surface area contributed by atoms with E-state index in [2.05, 4.69) is 17.7 Å². The standard InChI is InChI=1S/C6H14N2O/c1-8-2-3-9-6(4-7)5-8/h6H,2-5,7H2,1H3/p+1/t6-/m0/s1. The van der Waals surface area contributed by atoms with Crippen LogP contribution in [-0.4, -0.2) is 44.3 Å². The lowest BCUT2D eigenvalue weighted by Gasteiger charge is -2.27. The number of likely N-dealkylation sites (N-methyl/N-ethyl adjacent to an activating group) is 1. The summed E-state index contributed by atoms with van der Waals surface area (Å²) in [6.45, 7) is 3.88. The van der Waals surface area contributed by atoms with Gasteiger partial charge in [-0.25, -0.2) is 0 Å². The fraction of sp³-hybridized carbons (Fsp3) is 1.00. The fourth-order valence-corrected chi connectivity index (χ4v) is 1.04. The van der Waals surface area contributed by atoms with E-state index in [0.717, 1.165) is 26.2 Å². The molecule has 0 spiro atoms. The zero-order valence-corrected chi connectivity index (χ0v) is 5.97. The van der Waals surface area contributed by atoms with Crippen molar-refractivity contribution in [1.82, 2.24) is 4.90 Å². The maximum Gasteiger partial charge on any atom is 0.119 e. The summed E-state index contributed by atoms with van der Waals surface area (Å²) in [5.74, 6) is 0. The summed E-state index contributed by atoms with van der Waals surface area (Å²) < 4.78 is 5.39. The van der Waals surface area contributed by atoms with Crippen LogP contribution in [0.25, 0.3) is 0 Å². The molecule has 1 saturated heterocycles. The summed E-state index contributed by atoms with van der Waals surface area (Å²) in [5.41, 5.74) is 3.79. The van der Waals surface area contributed by atoms with Crippen LogP contribution in [-0.2, 0) is 4.74 Å². The van der Waals surface area contributed by atoms with Gasteiger partial charge in [0.1, 0.15) is 12.6 Å². The van der Waals surface area contributed by atoms with Crippen molar-refractivity contribution in [3.63, 3.8) is 0 Å². The van der Waals surface area contributed by atoms with Crippen LogP contribution in [0.4, 0.5) is 0 Å². The zero-order valence-electron chi connectivity index (χ0n) is 5.97. The highest BCUT2D eigenvalue weighted by atomic mass is 16.5. The predicted octanol–water partition coefficient (Wildman–Crippen LogP) is -1.44. The van der Waals surface area contributed by atoms with Crippen LogP contribution in [0.2, 0.25) is 0 Å². The van der Waals surface area contributed by atoms with Crippen molar-refractivity contribution < 1.29 is 10.5 Å². The predicted molar refractivity (Wildman–Crippen MR) is 35.0 cm³/mol. The van der Waals surface area contributed by atoms with Gasteiger partial charge in [-0.2, -0.15) is 0 Å². The lowest BCUT2D eigenvalue weighted by molar-refractivity contribution is -0.388. The first-order valence-corrected chi connectivity index (χ1v) is 3.42. The minimum Gasteiger partial charge on any atom is -0.370 e. The Hall–Kier alpha value is -0.120. The second kappa shape index (κ2) is 3.15. The van der Waals surface area contributed by atoms with E-state index in [1.54, 1.807) is 0 Å². The minimum absolute atomic E-state index is 0.378. The molecule has 3 nitrogen and oxygen atoms in total. The Morgan fingerprint density at radius 1 is 1.78 bits per heavy atom. The van der Waals surface area contributed by atoms with Gasteiger partial charge >= 0.3 is 0 Å². The van der Waals surface area contributed by atoms with E-state index < -0.39 is 0 Å². The lowest BCUT2D eigenvalue weighted by Crippen LogP contribution is -2.60. The Morgan fingerprint density at radius 2 is 2.56 bits per heavy atom. The minimum atomic E-state index is 0.378. The molecular weight excluding hydrogens is 116 g/mol. The maximum absolute atomic E-state index is 5.39. The molecule has 0 aromatic heterocycles. The third kappa shape index (κ3) is 1.93. The number of hydrogen-bond donors (Lipinski definition) is 1. The second-order valence-corrected chi connectivity index (χ2v) is 2.54. The van der Waals surface area contributed by atoms with Crippen LogP contribution in [0.15, 0.2) is 0 Å². The third-order valence-corrected chi connectivity index (χ3v) is 1.66. The van der Waals surface area contributed by atoms with E-state index in [1.165, 1.54) is 0 Å². The van der Waals surface area contributed by atoms with Crippen LogP contribution in [0.5, 0.6) is 0 Å². The highest BCUT2D eigenvalue weighted by Gasteiger charge is 2.16. The van der Waals surface area contributed by atoms with E-state index in [0.29, 0.717) is 6.10 Å². The number of ether oxygens (including phenoxy) is 1. The molecule has 0 aromatic carbocycles. The Labute approximate surface area is 55.8 Å². The first kappa shape index (κ1) is 6.99. The SMILES string of the molecule is CN1CCO[C@@H](C[NH3+])C1. The van der Waals surface area contributed by atoms with Gasteiger partial charge in [0.2, 0.25) is 0 Å². The molecule has 54 valence electrons. The first-order chi connectivity index (χ1) is 4.33. The van der Waals surface area contributed by atoms with E-state index in [9.17, 15) is 0 Å². The molecule has 1 atom stereocenters. The van der Waals surface area contributed by atoms with Gasteiger partial charge in [-0.3, -0.25) is 0 Å². The lowest BCUT2D eigenvalue weighted by atomic mass is 10.3. The van der Waals surface area contributed by atoms with Gasteiger partial charge in [-0.1, -0.05) is 0 Å². The molecule has 3 heteroatoms. The molecule has 1 aliphatic rings. The van der Waals surface area contributed by atoms with Gasteiger partial charge in [0.15, 0.2) is 0 Å². The number of rotatable bonds is 1. The quantitative estimate of drug-likeness (QED) is 0.473. The van der Waals surface area contributed by atoms with Crippen molar-refractivity contribution in [2.75, 3.05) is 33.3 Å². The van der Waals surface area contributed by atoms with Gasteiger partial charge in [-0.15, -0.1) is 0 Å². The molecule has 1 rings (SSSR count). The van der Waals surface area contributed by atoms with Crippen LogP contribution in [0.1, 0.15) is 0 Å². The van der Waals surface area contributed by atoms with Gasteiger partial charge < -0.3 is 15.4 Å². The van der Waals surface area contributed by atoms with E-state index in [4.69, 9.17) is 4.74 Å². The molecule has 0 aromatic rings. The summed E-state index contributed by atoms with van der Waals surface area (Å²) in [6, 6.07) is 0. The van der Waals surface area contributed by atoms with Crippen LogP contribution in [0.3, 0.4) is 0 Å². The molecular formula is C6H15N2O+. The maximum atomic E-state index is 5.39. The topological polar surface area (TPSA) is 40.1 Å². The van der Waals surface area contributed by atoms with Gasteiger partial charge in [-0.05, 0) is 7.05 Å². The number of quaternary nitrogens is 1. The monoisotopic (exact) mass is 131 g/mol. The second-order valence-electron chi connectivity index (χ2n) is 2.54. The molecule has 1 fully saturated rings. The highest BCUT2D eigenvalue weighted by Crippen LogP contribution is 1.99. The van der Waals surface area contributed by atoms with Crippen LogP contribution < -0.4 is 5.73 Å². The zero-order chi connectivity index (χ0) is 6.69. The highest BCUT2D eigenvalue weighted by molar-refractivity contribution is 4.66. The summed E-state index contributed by atoms with van der Waals surface area (Å²) in [6.07, 6.45) is 0.378. The summed E-state index contributed by atoms with van der Waals surface area (Å²) >= 11 is 0. The first-order valence-electron chi connectivity index (χ1n) is 3.42. The largest absolute Gasteiger partial charge is 0.370 e. The third-order valence-electron chi connectivity index (χ3n) is 1.66. The molecule has 3 N–H and O–H groups in total. The van der Waals surface area contributed by atoms with Crippen molar-refractivity contribution in [3.8, 4) is 0 Å². The molecule has 0 radical (unpaired) electrons. The Morgan fingerprint density at radius 3 is 3.00 bits per heavy atom. The van der Waals surface area contributed by atoms with E-state index in [1.807, 2.05) is 0 Å². The molecule has 0 unspecified atom stereocenters. The Bertz CT molecular complexity index is 87.1. The average Bonchev–Trinajstić information content (AvgIpc) is 1.88. The summed E-state index contributed by atoms with van der Waals surface area (Å²) in [4.78, 5) is 2.28.